The van der Waals surface area contributed by atoms with Crippen molar-refractivity contribution in [1.82, 2.24) is 4.90 Å². The lowest BCUT2D eigenvalue weighted by Gasteiger charge is -2.20. The number of nitrogens with zero attached hydrogens (tertiary/aromatic N) is 1. The second-order valence-corrected chi connectivity index (χ2v) is 5.03. The highest BCUT2D eigenvalue weighted by Crippen LogP contribution is 2.29. The first-order valence-electron chi connectivity index (χ1n) is 6.37. The zero-order valence-electron chi connectivity index (χ0n) is 10.5. The van der Waals surface area contributed by atoms with Crippen LogP contribution in [0.5, 0.6) is 0 Å². The number of amides is 1. The largest absolute Gasteiger partial charge is 0.480 e. The molecule has 1 fully saturated rings. The van der Waals surface area contributed by atoms with Crippen LogP contribution in [0.1, 0.15) is 34.3 Å². The highest BCUT2D eigenvalue weighted by atomic mass is 16.5. The monoisotopic (exact) mass is 261 g/mol. The second kappa shape index (κ2) is 4.66. The van der Waals surface area contributed by atoms with Crippen molar-refractivity contribution in [2.75, 3.05) is 6.54 Å². The molecular formula is C14H15NO4. The summed E-state index contributed by atoms with van der Waals surface area (Å²) in [5.74, 6) is -1.16. The highest BCUT2D eigenvalue weighted by molar-refractivity contribution is 5.96. The summed E-state index contributed by atoms with van der Waals surface area (Å²) in [6.07, 6.45) is 1.79. The maximum absolute atomic E-state index is 12.4. The lowest BCUT2D eigenvalue weighted by Crippen LogP contribution is -2.37. The van der Waals surface area contributed by atoms with Gasteiger partial charge in [-0.2, -0.15) is 0 Å². The van der Waals surface area contributed by atoms with Gasteiger partial charge >= 0.3 is 5.97 Å². The SMILES string of the molecule is O=C(O)CN(C(=O)c1ccc2c(c1)COC2)C1CC1. The van der Waals surface area contributed by atoms with Crippen LogP contribution >= 0.6 is 0 Å². The Kier molecular flexibility index (Phi) is 2.98. The number of carbonyl (C=O) groups is 2. The number of aliphatic carboxylic acids is 1. The van der Waals surface area contributed by atoms with Crippen LogP contribution in [-0.2, 0) is 22.7 Å². The third kappa shape index (κ3) is 2.46. The Hall–Kier alpha value is -1.88. The minimum atomic E-state index is -0.968. The predicted octanol–water partition coefficient (Wildman–Crippen LogP) is 1.41. The third-order valence-corrected chi connectivity index (χ3v) is 3.52. The zero-order valence-corrected chi connectivity index (χ0v) is 10.5. The van der Waals surface area contributed by atoms with Crippen molar-refractivity contribution >= 4 is 11.9 Å². The molecule has 5 nitrogen and oxygen atoms in total. The van der Waals surface area contributed by atoms with Gasteiger partial charge in [-0.05, 0) is 36.1 Å². The molecule has 0 spiro atoms. The third-order valence-electron chi connectivity index (χ3n) is 3.52. The first kappa shape index (κ1) is 12.2. The zero-order chi connectivity index (χ0) is 13.4. The molecule has 1 aliphatic carbocycles. The summed E-state index contributed by atoms with van der Waals surface area (Å²) in [5, 5.41) is 8.90. The molecule has 3 rings (SSSR count). The topological polar surface area (TPSA) is 66.8 Å². The van der Waals surface area contributed by atoms with E-state index in [0.717, 1.165) is 24.0 Å². The predicted molar refractivity (Wildman–Crippen MR) is 66.6 cm³/mol. The molecule has 5 heteroatoms. The normalized spacial score (nSPS) is 17.1. The smallest absolute Gasteiger partial charge is 0.323 e. The van der Waals surface area contributed by atoms with E-state index < -0.39 is 5.97 Å². The molecule has 1 N–H and O–H groups in total. The Morgan fingerprint density at radius 2 is 2.00 bits per heavy atom. The highest BCUT2D eigenvalue weighted by Gasteiger charge is 2.34. The van der Waals surface area contributed by atoms with Gasteiger partial charge in [0.05, 0.1) is 13.2 Å². The van der Waals surface area contributed by atoms with Gasteiger partial charge in [0.2, 0.25) is 0 Å². The lowest BCUT2D eigenvalue weighted by molar-refractivity contribution is -0.137. The molecule has 1 aliphatic heterocycles. The number of hydrogen-bond acceptors (Lipinski definition) is 3. The molecule has 1 amide bonds. The maximum Gasteiger partial charge on any atom is 0.323 e. The Balaban J connectivity index is 1.83. The van der Waals surface area contributed by atoms with E-state index in [9.17, 15) is 9.59 Å². The number of carboxylic acids is 1. The van der Waals surface area contributed by atoms with Crippen LogP contribution in [0.25, 0.3) is 0 Å². The fraction of sp³-hybridized carbons (Fsp3) is 0.429. The van der Waals surface area contributed by atoms with Crippen LogP contribution in [-0.4, -0.2) is 34.5 Å². The average Bonchev–Trinajstić information content (AvgIpc) is 3.12. The number of hydrogen-bond donors (Lipinski definition) is 1. The van der Waals surface area contributed by atoms with Crippen molar-refractivity contribution in [3.05, 3.63) is 34.9 Å². The number of fused-ring (bicyclic) bond motifs is 1. The molecule has 0 aromatic heterocycles. The molecule has 0 saturated heterocycles. The summed E-state index contributed by atoms with van der Waals surface area (Å²) in [7, 11) is 0. The molecule has 0 bridgehead atoms. The molecule has 2 aliphatic rings. The second-order valence-electron chi connectivity index (χ2n) is 5.03. The van der Waals surface area contributed by atoms with Gasteiger partial charge in [0.1, 0.15) is 6.54 Å². The van der Waals surface area contributed by atoms with Gasteiger partial charge in [0, 0.05) is 11.6 Å². The molecule has 0 atom stereocenters. The van der Waals surface area contributed by atoms with Crippen LogP contribution in [0.2, 0.25) is 0 Å². The number of carboxylic acid groups (broad SMARTS) is 1. The van der Waals surface area contributed by atoms with Crippen molar-refractivity contribution in [2.45, 2.75) is 32.1 Å². The van der Waals surface area contributed by atoms with E-state index in [2.05, 4.69) is 0 Å². The van der Waals surface area contributed by atoms with Gasteiger partial charge in [-0.25, -0.2) is 0 Å². The number of ether oxygens (including phenoxy) is 1. The fourth-order valence-electron chi connectivity index (χ4n) is 2.37. The van der Waals surface area contributed by atoms with Gasteiger partial charge < -0.3 is 14.7 Å². The lowest BCUT2D eigenvalue weighted by atomic mass is 10.1. The summed E-state index contributed by atoms with van der Waals surface area (Å²) in [6.45, 7) is 0.890. The first-order chi connectivity index (χ1) is 9.15. The van der Waals surface area contributed by atoms with Gasteiger partial charge in [0.15, 0.2) is 0 Å². The van der Waals surface area contributed by atoms with Crippen molar-refractivity contribution in [3.63, 3.8) is 0 Å². The molecule has 0 radical (unpaired) electrons. The Morgan fingerprint density at radius 1 is 1.26 bits per heavy atom. The fourth-order valence-corrected chi connectivity index (χ4v) is 2.37. The number of rotatable bonds is 4. The molecule has 1 heterocycles. The van der Waals surface area contributed by atoms with Gasteiger partial charge in [-0.15, -0.1) is 0 Å². The average molecular weight is 261 g/mol. The minimum absolute atomic E-state index is 0.0908. The Morgan fingerprint density at radius 3 is 2.68 bits per heavy atom. The first-order valence-corrected chi connectivity index (χ1v) is 6.37. The van der Waals surface area contributed by atoms with Gasteiger partial charge in [-0.3, -0.25) is 9.59 Å². The van der Waals surface area contributed by atoms with Gasteiger partial charge in [-0.1, -0.05) is 6.07 Å². The molecule has 1 aromatic carbocycles. The maximum atomic E-state index is 12.4. The standard InChI is InChI=1S/C14H15NO4/c16-13(17)6-15(12-3-4-12)14(18)9-1-2-10-7-19-8-11(10)5-9/h1-2,5,12H,3-4,6-8H2,(H,16,17). The molecule has 0 unspecified atom stereocenters. The number of carbonyl (C=O) groups excluding carboxylic acids is 1. The van der Waals surface area contributed by atoms with Crippen LogP contribution < -0.4 is 0 Å². The van der Waals surface area contributed by atoms with Crippen LogP contribution in [0.4, 0.5) is 0 Å². The molecule has 1 aromatic rings. The van der Waals surface area contributed by atoms with E-state index in [4.69, 9.17) is 9.84 Å². The summed E-state index contributed by atoms with van der Waals surface area (Å²) >= 11 is 0. The summed E-state index contributed by atoms with van der Waals surface area (Å²) in [4.78, 5) is 24.7. The molecule has 100 valence electrons. The molecule has 1 saturated carbocycles. The van der Waals surface area contributed by atoms with Crippen LogP contribution in [0.15, 0.2) is 18.2 Å². The van der Waals surface area contributed by atoms with Crippen molar-refractivity contribution < 1.29 is 19.4 Å². The van der Waals surface area contributed by atoms with E-state index in [-0.39, 0.29) is 18.5 Å². The van der Waals surface area contributed by atoms with Crippen molar-refractivity contribution in [2.24, 2.45) is 0 Å². The van der Waals surface area contributed by atoms with Crippen molar-refractivity contribution in [3.8, 4) is 0 Å². The Bertz CT molecular complexity index is 536. The van der Waals surface area contributed by atoms with E-state index in [1.165, 1.54) is 4.90 Å². The summed E-state index contributed by atoms with van der Waals surface area (Å²) in [6, 6.07) is 5.56. The van der Waals surface area contributed by atoms with Crippen LogP contribution in [0.3, 0.4) is 0 Å². The van der Waals surface area contributed by atoms with Crippen LogP contribution in [0, 0.1) is 0 Å². The van der Waals surface area contributed by atoms with Crippen molar-refractivity contribution in [1.29, 1.82) is 0 Å². The number of benzene rings is 1. The van der Waals surface area contributed by atoms with E-state index in [1.54, 1.807) is 6.07 Å². The van der Waals surface area contributed by atoms with E-state index >= 15 is 0 Å². The summed E-state index contributed by atoms with van der Waals surface area (Å²) in [5.41, 5.74) is 2.68. The summed E-state index contributed by atoms with van der Waals surface area (Å²) < 4.78 is 5.32. The minimum Gasteiger partial charge on any atom is -0.480 e. The van der Waals surface area contributed by atoms with E-state index in [0.29, 0.717) is 18.8 Å². The Labute approximate surface area is 110 Å². The molecule has 19 heavy (non-hydrogen) atoms. The van der Waals surface area contributed by atoms with E-state index in [1.807, 2.05) is 12.1 Å². The van der Waals surface area contributed by atoms with Gasteiger partial charge in [0.25, 0.3) is 5.91 Å². The quantitative estimate of drug-likeness (QED) is 0.889. The molecular weight excluding hydrogens is 246 g/mol.